The first-order chi connectivity index (χ1) is 15.1. The molecule has 1 aromatic heterocycles. The lowest BCUT2D eigenvalue weighted by Crippen LogP contribution is -2.34. The molecule has 2 saturated heterocycles. The first-order valence-corrected chi connectivity index (χ1v) is 12.3. The van der Waals surface area contributed by atoms with Gasteiger partial charge in [0, 0.05) is 38.2 Å². The van der Waals surface area contributed by atoms with Crippen molar-refractivity contribution < 1.29 is 13.9 Å². The van der Waals surface area contributed by atoms with Gasteiger partial charge in [-0.3, -0.25) is 4.79 Å². The molecule has 2 aliphatic rings. The number of ether oxygens (including phenoxy) is 1. The molecule has 2 aliphatic heterocycles. The minimum Gasteiger partial charge on any atom is -0.385 e. The van der Waals surface area contributed by atoms with Crippen LogP contribution in [-0.4, -0.2) is 62.1 Å². The zero-order chi connectivity index (χ0) is 21.8. The van der Waals surface area contributed by atoms with Crippen molar-refractivity contribution in [1.29, 1.82) is 0 Å². The highest BCUT2D eigenvalue weighted by Gasteiger charge is 2.25. The number of piperidine rings is 1. The lowest BCUT2D eigenvalue weighted by atomic mass is 9.88. The molecule has 31 heavy (non-hydrogen) atoms. The summed E-state index contributed by atoms with van der Waals surface area (Å²) < 4.78 is 20.2. The summed E-state index contributed by atoms with van der Waals surface area (Å²) in [6, 6.07) is 7.68. The predicted octanol–water partition coefficient (Wildman–Crippen LogP) is 5.31. The average Bonchev–Trinajstić information content (AvgIpc) is 3.44. The molecule has 0 bridgehead atoms. The molecule has 168 valence electrons. The van der Waals surface area contributed by atoms with Gasteiger partial charge in [0.05, 0.1) is 4.88 Å². The lowest BCUT2D eigenvalue weighted by molar-refractivity contribution is 0.0797. The Labute approximate surface area is 189 Å². The largest absolute Gasteiger partial charge is 0.385 e. The Morgan fingerprint density at radius 3 is 2.58 bits per heavy atom. The predicted molar refractivity (Wildman–Crippen MR) is 124 cm³/mol. The van der Waals surface area contributed by atoms with Crippen molar-refractivity contribution in [2.45, 2.75) is 44.9 Å². The van der Waals surface area contributed by atoms with Gasteiger partial charge in [0.1, 0.15) is 5.82 Å². The van der Waals surface area contributed by atoms with Gasteiger partial charge >= 0.3 is 0 Å². The van der Waals surface area contributed by atoms with Crippen LogP contribution in [0, 0.1) is 12.7 Å². The fourth-order valence-corrected chi connectivity index (χ4v) is 5.95. The molecule has 4 nitrogen and oxygen atoms in total. The summed E-state index contributed by atoms with van der Waals surface area (Å²) in [7, 11) is 1.74. The van der Waals surface area contributed by atoms with E-state index in [0.717, 1.165) is 97.9 Å². The Morgan fingerprint density at radius 2 is 1.90 bits per heavy atom. The van der Waals surface area contributed by atoms with Crippen LogP contribution in [0.25, 0.3) is 10.4 Å². The van der Waals surface area contributed by atoms with E-state index in [9.17, 15) is 4.79 Å². The van der Waals surface area contributed by atoms with E-state index in [1.807, 2.05) is 30.0 Å². The quantitative estimate of drug-likeness (QED) is 0.542. The Hall–Kier alpha value is -1.76. The fraction of sp³-hybridized carbons (Fsp3) is 0.560. The van der Waals surface area contributed by atoms with E-state index in [1.54, 1.807) is 13.2 Å². The molecule has 2 aromatic rings. The van der Waals surface area contributed by atoms with Crippen molar-refractivity contribution in [3.8, 4) is 10.4 Å². The van der Waals surface area contributed by atoms with Crippen molar-refractivity contribution in [2.75, 3.05) is 46.4 Å². The Kier molecular flexibility index (Phi) is 7.41. The molecule has 0 aliphatic carbocycles. The standard InChI is InChI=1S/C25H33FN2O2S/c1-18-16-23(31-24(18)25(29)28-11-3-4-12-28)20-6-7-21(22(26)17-20)19-8-13-27(14-9-19)10-5-15-30-2/h6-7,16-17,19H,3-5,8-15H2,1-2H3. The molecule has 4 rings (SSSR count). The maximum Gasteiger partial charge on any atom is 0.264 e. The van der Waals surface area contributed by atoms with Crippen LogP contribution in [0.15, 0.2) is 24.3 Å². The van der Waals surface area contributed by atoms with Gasteiger partial charge in [-0.2, -0.15) is 0 Å². The van der Waals surface area contributed by atoms with Crippen LogP contribution < -0.4 is 0 Å². The monoisotopic (exact) mass is 444 g/mol. The minimum absolute atomic E-state index is 0.117. The Bertz CT molecular complexity index is 899. The number of thiophene rings is 1. The van der Waals surface area contributed by atoms with E-state index >= 15 is 4.39 Å². The molecular formula is C25H33FN2O2S. The van der Waals surface area contributed by atoms with E-state index in [2.05, 4.69) is 4.90 Å². The van der Waals surface area contributed by atoms with E-state index in [0.29, 0.717) is 0 Å². The number of amides is 1. The second-order valence-corrected chi connectivity index (χ2v) is 9.87. The summed E-state index contributed by atoms with van der Waals surface area (Å²) in [6.07, 6.45) is 5.21. The topological polar surface area (TPSA) is 32.8 Å². The van der Waals surface area contributed by atoms with E-state index in [4.69, 9.17) is 4.74 Å². The zero-order valence-electron chi connectivity index (χ0n) is 18.7. The zero-order valence-corrected chi connectivity index (χ0v) is 19.5. The van der Waals surface area contributed by atoms with Gasteiger partial charge in [-0.1, -0.05) is 12.1 Å². The first-order valence-electron chi connectivity index (χ1n) is 11.5. The highest BCUT2D eigenvalue weighted by Crippen LogP contribution is 2.36. The highest BCUT2D eigenvalue weighted by atomic mass is 32.1. The van der Waals surface area contributed by atoms with Gasteiger partial charge in [-0.25, -0.2) is 4.39 Å². The van der Waals surface area contributed by atoms with Crippen LogP contribution >= 0.6 is 11.3 Å². The van der Waals surface area contributed by atoms with E-state index in [1.165, 1.54) is 11.3 Å². The third-order valence-electron chi connectivity index (χ3n) is 6.64. The minimum atomic E-state index is -0.117. The molecule has 3 heterocycles. The summed E-state index contributed by atoms with van der Waals surface area (Å²) in [5.74, 6) is 0.291. The second kappa shape index (κ2) is 10.2. The van der Waals surface area contributed by atoms with Crippen LogP contribution in [-0.2, 0) is 4.74 Å². The number of likely N-dealkylation sites (tertiary alicyclic amines) is 2. The van der Waals surface area contributed by atoms with Crippen molar-refractivity contribution in [3.05, 3.63) is 46.1 Å². The van der Waals surface area contributed by atoms with E-state index < -0.39 is 0 Å². The number of hydrogen-bond acceptors (Lipinski definition) is 4. The van der Waals surface area contributed by atoms with Crippen molar-refractivity contribution in [2.24, 2.45) is 0 Å². The lowest BCUT2D eigenvalue weighted by Gasteiger charge is -2.32. The third kappa shape index (κ3) is 5.18. The van der Waals surface area contributed by atoms with Crippen LogP contribution in [0.5, 0.6) is 0 Å². The van der Waals surface area contributed by atoms with Gasteiger partial charge in [0.15, 0.2) is 0 Å². The molecule has 6 heteroatoms. The molecule has 0 radical (unpaired) electrons. The number of nitrogens with zero attached hydrogens (tertiary/aromatic N) is 2. The Balaban J connectivity index is 1.42. The highest BCUT2D eigenvalue weighted by molar-refractivity contribution is 7.17. The van der Waals surface area contributed by atoms with Gasteiger partial charge in [0.25, 0.3) is 5.91 Å². The van der Waals surface area contributed by atoms with Gasteiger partial charge in [-0.05, 0) is 86.9 Å². The summed E-state index contributed by atoms with van der Waals surface area (Å²) >= 11 is 1.49. The number of halogens is 1. The number of carbonyl (C=O) groups is 1. The maximum atomic E-state index is 15.1. The molecule has 0 atom stereocenters. The molecule has 0 N–H and O–H groups in total. The number of rotatable bonds is 7. The summed E-state index contributed by atoms with van der Waals surface area (Å²) in [5.41, 5.74) is 2.69. The van der Waals surface area contributed by atoms with Gasteiger partial charge in [-0.15, -0.1) is 11.3 Å². The Morgan fingerprint density at radius 1 is 1.16 bits per heavy atom. The molecule has 1 amide bonds. The number of benzene rings is 1. The molecular weight excluding hydrogens is 411 g/mol. The molecule has 0 spiro atoms. The van der Waals surface area contributed by atoms with Crippen LogP contribution in [0.4, 0.5) is 4.39 Å². The number of hydrogen-bond donors (Lipinski definition) is 0. The molecule has 1 aromatic carbocycles. The van der Waals surface area contributed by atoms with Gasteiger partial charge in [0.2, 0.25) is 0 Å². The summed E-state index contributed by atoms with van der Waals surface area (Å²) in [6.45, 7) is 7.56. The third-order valence-corrected chi connectivity index (χ3v) is 7.91. The van der Waals surface area contributed by atoms with E-state index in [-0.39, 0.29) is 17.6 Å². The number of methoxy groups -OCH3 is 1. The number of carbonyl (C=O) groups excluding carboxylic acids is 1. The van der Waals surface area contributed by atoms with Crippen LogP contribution in [0.2, 0.25) is 0 Å². The molecule has 2 fully saturated rings. The van der Waals surface area contributed by atoms with Crippen molar-refractivity contribution in [1.82, 2.24) is 9.80 Å². The van der Waals surface area contributed by atoms with Crippen LogP contribution in [0.1, 0.15) is 58.8 Å². The van der Waals surface area contributed by atoms with Gasteiger partial charge < -0.3 is 14.5 Å². The van der Waals surface area contributed by atoms with Crippen LogP contribution in [0.3, 0.4) is 0 Å². The number of aryl methyl sites for hydroxylation is 1. The smallest absolute Gasteiger partial charge is 0.264 e. The summed E-state index contributed by atoms with van der Waals surface area (Å²) in [5, 5.41) is 0. The first kappa shape index (κ1) is 22.4. The molecule has 0 saturated carbocycles. The fourth-order valence-electron chi connectivity index (χ4n) is 4.81. The maximum absolute atomic E-state index is 15.1. The summed E-state index contributed by atoms with van der Waals surface area (Å²) in [4.78, 5) is 19.0. The second-order valence-electron chi connectivity index (χ2n) is 8.82. The van der Waals surface area contributed by atoms with Crippen molar-refractivity contribution in [3.63, 3.8) is 0 Å². The molecule has 0 unspecified atom stereocenters. The average molecular weight is 445 g/mol. The van der Waals surface area contributed by atoms with Crippen molar-refractivity contribution >= 4 is 17.2 Å². The SMILES string of the molecule is COCCCN1CCC(c2ccc(-c3cc(C)c(C(=O)N4CCCC4)s3)cc2F)CC1. The normalized spacial score (nSPS) is 18.1.